The highest BCUT2D eigenvalue weighted by Gasteiger charge is 1.99. The molecule has 0 unspecified atom stereocenters. The standard InChI is InChI=1S/C14H16N2/c1-11-4-6-12(7-5-11)13-8-9-14(15-10-13)16(2)3/h4-10H,1-3H3. The molecule has 0 aliphatic heterocycles. The SMILES string of the molecule is Cc1ccc(-c2ccc(N(C)C)nc2)cc1. The lowest BCUT2D eigenvalue weighted by Crippen LogP contribution is -2.09. The number of pyridine rings is 1. The van der Waals surface area contributed by atoms with Crippen molar-refractivity contribution in [2.24, 2.45) is 0 Å². The number of nitrogens with zero attached hydrogens (tertiary/aromatic N) is 2. The van der Waals surface area contributed by atoms with Crippen LogP contribution in [0.1, 0.15) is 5.56 Å². The third-order valence-corrected chi connectivity index (χ3v) is 2.59. The Kier molecular flexibility index (Phi) is 2.91. The number of aromatic nitrogens is 1. The van der Waals surface area contributed by atoms with Crippen molar-refractivity contribution in [3.05, 3.63) is 48.2 Å². The minimum absolute atomic E-state index is 0.982. The number of aryl methyl sites for hydroxylation is 1. The molecule has 1 aromatic heterocycles. The normalized spacial score (nSPS) is 10.2. The molecule has 1 heterocycles. The molecule has 0 N–H and O–H groups in total. The lowest BCUT2D eigenvalue weighted by Gasteiger charge is -2.11. The molecule has 2 rings (SSSR count). The number of hydrogen-bond donors (Lipinski definition) is 0. The molecule has 1 aromatic carbocycles. The summed E-state index contributed by atoms with van der Waals surface area (Å²) in [4.78, 5) is 6.40. The van der Waals surface area contributed by atoms with Crippen LogP contribution in [-0.4, -0.2) is 19.1 Å². The summed E-state index contributed by atoms with van der Waals surface area (Å²) in [6.07, 6.45) is 1.92. The lowest BCUT2D eigenvalue weighted by molar-refractivity contribution is 1.07. The van der Waals surface area contributed by atoms with Crippen LogP contribution in [0.15, 0.2) is 42.6 Å². The molecule has 0 aliphatic rings. The van der Waals surface area contributed by atoms with Gasteiger partial charge in [0.25, 0.3) is 0 Å². The molecule has 16 heavy (non-hydrogen) atoms. The zero-order valence-electron chi connectivity index (χ0n) is 9.94. The maximum atomic E-state index is 4.40. The molecule has 82 valence electrons. The van der Waals surface area contributed by atoms with Gasteiger partial charge in [-0.3, -0.25) is 0 Å². The van der Waals surface area contributed by atoms with Gasteiger partial charge in [-0.1, -0.05) is 29.8 Å². The van der Waals surface area contributed by atoms with Crippen LogP contribution in [0.2, 0.25) is 0 Å². The van der Waals surface area contributed by atoms with Crippen molar-refractivity contribution < 1.29 is 0 Å². The highest BCUT2D eigenvalue weighted by molar-refractivity contribution is 5.64. The van der Waals surface area contributed by atoms with Crippen molar-refractivity contribution in [1.29, 1.82) is 0 Å². The number of benzene rings is 1. The van der Waals surface area contributed by atoms with E-state index in [2.05, 4.69) is 42.2 Å². The molecule has 2 heteroatoms. The molecule has 2 nitrogen and oxygen atoms in total. The van der Waals surface area contributed by atoms with Gasteiger partial charge in [0, 0.05) is 25.9 Å². The minimum Gasteiger partial charge on any atom is -0.363 e. The predicted molar refractivity (Wildman–Crippen MR) is 68.7 cm³/mol. The lowest BCUT2D eigenvalue weighted by atomic mass is 10.1. The van der Waals surface area contributed by atoms with E-state index in [1.165, 1.54) is 11.1 Å². The van der Waals surface area contributed by atoms with E-state index < -0.39 is 0 Å². The fourth-order valence-electron chi connectivity index (χ4n) is 1.57. The first-order valence-electron chi connectivity index (χ1n) is 5.37. The van der Waals surface area contributed by atoms with Crippen LogP contribution in [0.25, 0.3) is 11.1 Å². The van der Waals surface area contributed by atoms with E-state index in [9.17, 15) is 0 Å². The van der Waals surface area contributed by atoms with E-state index in [1.807, 2.05) is 31.3 Å². The summed E-state index contributed by atoms with van der Waals surface area (Å²) in [6.45, 7) is 2.09. The van der Waals surface area contributed by atoms with E-state index >= 15 is 0 Å². The van der Waals surface area contributed by atoms with Crippen molar-refractivity contribution in [2.45, 2.75) is 6.92 Å². The number of hydrogen-bond acceptors (Lipinski definition) is 2. The number of anilines is 1. The van der Waals surface area contributed by atoms with Gasteiger partial charge in [-0.05, 0) is 24.6 Å². The van der Waals surface area contributed by atoms with Crippen LogP contribution in [0, 0.1) is 6.92 Å². The molecule has 2 aromatic rings. The average molecular weight is 212 g/mol. The van der Waals surface area contributed by atoms with Crippen LogP contribution in [0.4, 0.5) is 5.82 Å². The zero-order chi connectivity index (χ0) is 11.5. The van der Waals surface area contributed by atoms with Gasteiger partial charge >= 0.3 is 0 Å². The first-order chi connectivity index (χ1) is 7.66. The second kappa shape index (κ2) is 4.35. The van der Waals surface area contributed by atoms with E-state index in [0.717, 1.165) is 11.4 Å². The Morgan fingerprint density at radius 3 is 2.00 bits per heavy atom. The molecule has 0 atom stereocenters. The van der Waals surface area contributed by atoms with Gasteiger partial charge in [-0.25, -0.2) is 4.98 Å². The zero-order valence-corrected chi connectivity index (χ0v) is 9.94. The Labute approximate surface area is 96.6 Å². The summed E-state index contributed by atoms with van der Waals surface area (Å²) in [5.74, 6) is 0.982. The Morgan fingerprint density at radius 1 is 0.875 bits per heavy atom. The van der Waals surface area contributed by atoms with Gasteiger partial charge in [-0.2, -0.15) is 0 Å². The fraction of sp³-hybridized carbons (Fsp3) is 0.214. The molecule has 0 fully saturated rings. The third kappa shape index (κ3) is 2.22. The Hall–Kier alpha value is -1.83. The number of rotatable bonds is 2. The van der Waals surface area contributed by atoms with Crippen molar-refractivity contribution in [2.75, 3.05) is 19.0 Å². The van der Waals surface area contributed by atoms with Gasteiger partial charge in [0.05, 0.1) is 0 Å². The fourth-order valence-corrected chi connectivity index (χ4v) is 1.57. The van der Waals surface area contributed by atoms with Crippen LogP contribution >= 0.6 is 0 Å². The van der Waals surface area contributed by atoms with Crippen molar-refractivity contribution >= 4 is 5.82 Å². The summed E-state index contributed by atoms with van der Waals surface area (Å²) < 4.78 is 0. The molecule has 0 aliphatic carbocycles. The van der Waals surface area contributed by atoms with Gasteiger partial charge < -0.3 is 4.90 Å². The maximum absolute atomic E-state index is 4.40. The molecule has 0 saturated heterocycles. The topological polar surface area (TPSA) is 16.1 Å². The smallest absolute Gasteiger partial charge is 0.127 e. The molecule has 0 radical (unpaired) electrons. The Balaban J connectivity index is 2.31. The van der Waals surface area contributed by atoms with Gasteiger partial charge in [0.15, 0.2) is 0 Å². The van der Waals surface area contributed by atoms with Gasteiger partial charge in [-0.15, -0.1) is 0 Å². The molecular weight excluding hydrogens is 196 g/mol. The van der Waals surface area contributed by atoms with E-state index in [0.29, 0.717) is 0 Å². The highest BCUT2D eigenvalue weighted by Crippen LogP contribution is 2.20. The summed E-state index contributed by atoms with van der Waals surface area (Å²) in [5.41, 5.74) is 3.65. The predicted octanol–water partition coefficient (Wildman–Crippen LogP) is 3.12. The largest absolute Gasteiger partial charge is 0.363 e. The van der Waals surface area contributed by atoms with Crippen LogP contribution in [-0.2, 0) is 0 Å². The summed E-state index contributed by atoms with van der Waals surface area (Å²) >= 11 is 0. The monoisotopic (exact) mass is 212 g/mol. The first-order valence-corrected chi connectivity index (χ1v) is 5.37. The summed E-state index contributed by atoms with van der Waals surface area (Å²) in [6, 6.07) is 12.6. The van der Waals surface area contributed by atoms with Crippen molar-refractivity contribution in [1.82, 2.24) is 4.98 Å². The Morgan fingerprint density at radius 2 is 1.50 bits per heavy atom. The van der Waals surface area contributed by atoms with Crippen LogP contribution in [0.5, 0.6) is 0 Å². The van der Waals surface area contributed by atoms with E-state index in [-0.39, 0.29) is 0 Å². The maximum Gasteiger partial charge on any atom is 0.127 e. The first kappa shape index (κ1) is 10.7. The highest BCUT2D eigenvalue weighted by atomic mass is 15.1. The van der Waals surface area contributed by atoms with Crippen molar-refractivity contribution in [3.8, 4) is 11.1 Å². The Bertz CT molecular complexity index is 455. The molecule has 0 bridgehead atoms. The van der Waals surface area contributed by atoms with Gasteiger partial charge in [0.2, 0.25) is 0 Å². The molecule has 0 spiro atoms. The quantitative estimate of drug-likeness (QED) is 0.760. The second-order valence-corrected chi connectivity index (χ2v) is 4.17. The summed E-state index contributed by atoms with van der Waals surface area (Å²) in [7, 11) is 3.99. The third-order valence-electron chi connectivity index (χ3n) is 2.59. The van der Waals surface area contributed by atoms with E-state index in [4.69, 9.17) is 0 Å². The minimum atomic E-state index is 0.982. The molecule has 0 saturated carbocycles. The second-order valence-electron chi connectivity index (χ2n) is 4.17. The summed E-state index contributed by atoms with van der Waals surface area (Å²) in [5, 5.41) is 0. The molecule has 0 amide bonds. The average Bonchev–Trinajstić information content (AvgIpc) is 2.30. The molecular formula is C14H16N2. The van der Waals surface area contributed by atoms with E-state index in [1.54, 1.807) is 0 Å². The van der Waals surface area contributed by atoms with Crippen LogP contribution < -0.4 is 4.90 Å². The van der Waals surface area contributed by atoms with Crippen molar-refractivity contribution in [3.63, 3.8) is 0 Å². The van der Waals surface area contributed by atoms with Gasteiger partial charge in [0.1, 0.15) is 5.82 Å². The van der Waals surface area contributed by atoms with Crippen LogP contribution in [0.3, 0.4) is 0 Å².